The van der Waals surface area contributed by atoms with Crippen LogP contribution in [0, 0.1) is 6.92 Å². The summed E-state index contributed by atoms with van der Waals surface area (Å²) in [4.78, 5) is 38.8. The molecule has 154 valence electrons. The molecule has 0 aliphatic heterocycles. The van der Waals surface area contributed by atoms with Crippen molar-refractivity contribution in [1.82, 2.24) is 15.5 Å². The van der Waals surface area contributed by atoms with Gasteiger partial charge in [0.2, 0.25) is 0 Å². The standard InChI is InChI=1S/C22H28N4O3/c1-16-9-4-5-10-17(16)15-24-20(27)18-11-6-7-12-19(18)25-22(29)21(28)23-13-8-14-26(2)3/h4-7,9-12H,8,13-15H2,1-3H3,(H,23,28)(H,24,27)(H,25,29). The van der Waals surface area contributed by atoms with Crippen LogP contribution < -0.4 is 16.0 Å². The molecule has 7 heteroatoms. The summed E-state index contributed by atoms with van der Waals surface area (Å²) in [6, 6.07) is 14.4. The van der Waals surface area contributed by atoms with Crippen LogP contribution in [-0.2, 0) is 16.1 Å². The molecule has 7 nitrogen and oxygen atoms in total. The van der Waals surface area contributed by atoms with Crippen LogP contribution in [0.5, 0.6) is 0 Å². The molecule has 0 aliphatic rings. The van der Waals surface area contributed by atoms with Crippen LogP contribution in [0.3, 0.4) is 0 Å². The Bertz CT molecular complexity index is 865. The first-order valence-corrected chi connectivity index (χ1v) is 9.54. The van der Waals surface area contributed by atoms with Crippen molar-refractivity contribution in [3.05, 3.63) is 65.2 Å². The van der Waals surface area contributed by atoms with E-state index >= 15 is 0 Å². The van der Waals surface area contributed by atoms with Gasteiger partial charge in [0, 0.05) is 13.1 Å². The van der Waals surface area contributed by atoms with E-state index in [1.807, 2.05) is 50.2 Å². The second-order valence-corrected chi connectivity index (χ2v) is 7.02. The minimum absolute atomic E-state index is 0.295. The summed E-state index contributed by atoms with van der Waals surface area (Å²) >= 11 is 0. The molecule has 2 aromatic carbocycles. The van der Waals surface area contributed by atoms with E-state index in [2.05, 4.69) is 16.0 Å². The number of anilines is 1. The Balaban J connectivity index is 1.95. The number of hydrogen-bond acceptors (Lipinski definition) is 4. The molecule has 0 saturated heterocycles. The number of carbonyl (C=O) groups is 3. The molecule has 2 aromatic rings. The molecule has 0 fully saturated rings. The van der Waals surface area contributed by atoms with Crippen molar-refractivity contribution < 1.29 is 14.4 Å². The first-order valence-electron chi connectivity index (χ1n) is 9.54. The topological polar surface area (TPSA) is 90.5 Å². The van der Waals surface area contributed by atoms with Gasteiger partial charge < -0.3 is 20.9 Å². The smallest absolute Gasteiger partial charge is 0.313 e. The number of rotatable bonds is 8. The highest BCUT2D eigenvalue weighted by Gasteiger charge is 2.17. The molecule has 0 bridgehead atoms. The highest BCUT2D eigenvalue weighted by Crippen LogP contribution is 2.15. The van der Waals surface area contributed by atoms with E-state index < -0.39 is 11.8 Å². The fourth-order valence-corrected chi connectivity index (χ4v) is 2.73. The quantitative estimate of drug-likeness (QED) is 0.470. The van der Waals surface area contributed by atoms with Gasteiger partial charge in [0.25, 0.3) is 5.91 Å². The van der Waals surface area contributed by atoms with E-state index in [9.17, 15) is 14.4 Å². The van der Waals surface area contributed by atoms with Gasteiger partial charge >= 0.3 is 11.8 Å². The minimum atomic E-state index is -0.797. The molecule has 29 heavy (non-hydrogen) atoms. The number of amides is 3. The number of aryl methyl sites for hydroxylation is 1. The maximum Gasteiger partial charge on any atom is 0.313 e. The van der Waals surface area contributed by atoms with Crippen LogP contribution in [0.2, 0.25) is 0 Å². The normalized spacial score (nSPS) is 10.5. The largest absolute Gasteiger partial charge is 0.348 e. The Kier molecular flexibility index (Phi) is 8.36. The minimum Gasteiger partial charge on any atom is -0.348 e. The second kappa shape index (κ2) is 11.0. The first kappa shape index (κ1) is 22.1. The van der Waals surface area contributed by atoms with Gasteiger partial charge in [0.15, 0.2) is 0 Å². The molecule has 3 amide bonds. The lowest BCUT2D eigenvalue weighted by atomic mass is 10.1. The molecule has 3 N–H and O–H groups in total. The molecule has 0 atom stereocenters. The van der Waals surface area contributed by atoms with Crippen molar-refractivity contribution >= 4 is 23.4 Å². The second-order valence-electron chi connectivity index (χ2n) is 7.02. The molecule has 0 aliphatic carbocycles. The fraction of sp³-hybridized carbons (Fsp3) is 0.318. The van der Waals surface area contributed by atoms with Crippen LogP contribution in [-0.4, -0.2) is 49.8 Å². The lowest BCUT2D eigenvalue weighted by Gasteiger charge is -2.13. The van der Waals surface area contributed by atoms with Gasteiger partial charge in [0.05, 0.1) is 11.3 Å². The summed E-state index contributed by atoms with van der Waals surface area (Å²) in [5.41, 5.74) is 2.69. The number of nitrogens with one attached hydrogen (secondary N) is 3. The molecule has 2 rings (SSSR count). The molecule has 0 radical (unpaired) electrons. The van der Waals surface area contributed by atoms with Gasteiger partial charge in [-0.2, -0.15) is 0 Å². The third kappa shape index (κ3) is 7.04. The van der Waals surface area contributed by atoms with E-state index in [0.29, 0.717) is 24.3 Å². The molecule has 0 unspecified atom stereocenters. The zero-order valence-corrected chi connectivity index (χ0v) is 17.1. The summed E-state index contributed by atoms with van der Waals surface area (Å²) in [6.07, 6.45) is 0.740. The molecule has 0 aromatic heterocycles. The lowest BCUT2D eigenvalue weighted by Crippen LogP contribution is -2.37. The van der Waals surface area contributed by atoms with Gasteiger partial charge in [-0.3, -0.25) is 14.4 Å². The van der Waals surface area contributed by atoms with E-state index in [1.54, 1.807) is 24.3 Å². The first-order chi connectivity index (χ1) is 13.9. The van der Waals surface area contributed by atoms with E-state index in [-0.39, 0.29) is 5.91 Å². The lowest BCUT2D eigenvalue weighted by molar-refractivity contribution is -0.136. The molecule has 0 saturated carbocycles. The predicted octanol–water partition coefficient (Wildman–Crippen LogP) is 1.93. The number of hydrogen-bond donors (Lipinski definition) is 3. The van der Waals surface area contributed by atoms with E-state index in [4.69, 9.17) is 0 Å². The monoisotopic (exact) mass is 396 g/mol. The van der Waals surface area contributed by atoms with Gasteiger partial charge in [-0.25, -0.2) is 0 Å². The fourth-order valence-electron chi connectivity index (χ4n) is 2.73. The van der Waals surface area contributed by atoms with Crippen LogP contribution in [0.4, 0.5) is 5.69 Å². The number of carbonyl (C=O) groups excluding carboxylic acids is 3. The van der Waals surface area contributed by atoms with Crippen molar-refractivity contribution in [1.29, 1.82) is 0 Å². The van der Waals surface area contributed by atoms with Gasteiger partial charge in [-0.05, 0) is 57.2 Å². The maximum atomic E-state index is 12.6. The summed E-state index contributed by atoms with van der Waals surface area (Å²) in [5.74, 6) is -1.84. The molecule has 0 spiro atoms. The Morgan fingerprint density at radius 3 is 2.31 bits per heavy atom. The molecular weight excluding hydrogens is 368 g/mol. The Morgan fingerprint density at radius 2 is 1.59 bits per heavy atom. The van der Waals surface area contributed by atoms with E-state index in [0.717, 1.165) is 24.1 Å². The summed E-state index contributed by atoms with van der Waals surface area (Å²) in [5, 5.41) is 7.97. The predicted molar refractivity (Wildman–Crippen MR) is 114 cm³/mol. The van der Waals surface area contributed by atoms with Crippen molar-refractivity contribution in [2.45, 2.75) is 19.9 Å². The van der Waals surface area contributed by atoms with Crippen molar-refractivity contribution in [2.24, 2.45) is 0 Å². The third-order valence-corrected chi connectivity index (χ3v) is 4.39. The Hall–Kier alpha value is -3.19. The number of para-hydroxylation sites is 1. The zero-order chi connectivity index (χ0) is 21.2. The summed E-state index contributed by atoms with van der Waals surface area (Å²) in [7, 11) is 3.88. The van der Waals surface area contributed by atoms with Crippen LogP contribution in [0.15, 0.2) is 48.5 Å². The van der Waals surface area contributed by atoms with Gasteiger partial charge in [0.1, 0.15) is 0 Å². The highest BCUT2D eigenvalue weighted by atomic mass is 16.2. The number of benzene rings is 2. The zero-order valence-electron chi connectivity index (χ0n) is 17.1. The van der Waals surface area contributed by atoms with Crippen LogP contribution in [0.25, 0.3) is 0 Å². The van der Waals surface area contributed by atoms with Crippen molar-refractivity contribution in [2.75, 3.05) is 32.5 Å². The van der Waals surface area contributed by atoms with E-state index in [1.165, 1.54) is 0 Å². The third-order valence-electron chi connectivity index (χ3n) is 4.39. The molecular formula is C22H28N4O3. The van der Waals surface area contributed by atoms with Crippen molar-refractivity contribution in [3.63, 3.8) is 0 Å². The molecule has 0 heterocycles. The van der Waals surface area contributed by atoms with Crippen LogP contribution in [0.1, 0.15) is 27.9 Å². The Labute approximate surface area is 171 Å². The van der Waals surface area contributed by atoms with Gasteiger partial charge in [-0.1, -0.05) is 36.4 Å². The average molecular weight is 396 g/mol. The van der Waals surface area contributed by atoms with Crippen LogP contribution >= 0.6 is 0 Å². The summed E-state index contributed by atoms with van der Waals surface area (Å²) in [6.45, 7) is 3.57. The SMILES string of the molecule is Cc1ccccc1CNC(=O)c1ccccc1NC(=O)C(=O)NCCCN(C)C. The summed E-state index contributed by atoms with van der Waals surface area (Å²) < 4.78 is 0. The van der Waals surface area contributed by atoms with Gasteiger partial charge in [-0.15, -0.1) is 0 Å². The maximum absolute atomic E-state index is 12.6. The Morgan fingerprint density at radius 1 is 0.897 bits per heavy atom. The van der Waals surface area contributed by atoms with Crippen molar-refractivity contribution in [3.8, 4) is 0 Å². The number of nitrogens with zero attached hydrogens (tertiary/aromatic N) is 1. The highest BCUT2D eigenvalue weighted by molar-refractivity contribution is 6.40. The average Bonchev–Trinajstić information content (AvgIpc) is 2.70.